The van der Waals surface area contributed by atoms with Gasteiger partial charge >= 0.3 is 6.03 Å². The molecule has 0 spiro atoms. The molecule has 0 bridgehead atoms. The summed E-state index contributed by atoms with van der Waals surface area (Å²) in [5.41, 5.74) is 1.54. The van der Waals surface area contributed by atoms with Crippen LogP contribution >= 0.6 is 0 Å². The second-order valence-corrected chi connectivity index (χ2v) is 7.67. The van der Waals surface area contributed by atoms with Gasteiger partial charge in [-0.2, -0.15) is 0 Å². The Morgan fingerprint density at radius 2 is 2.04 bits per heavy atom. The maximum absolute atomic E-state index is 13.7. The van der Waals surface area contributed by atoms with Crippen molar-refractivity contribution in [2.45, 2.75) is 19.4 Å². The van der Waals surface area contributed by atoms with Gasteiger partial charge in [0.25, 0.3) is 5.91 Å². The van der Waals surface area contributed by atoms with E-state index in [1.54, 1.807) is 41.4 Å². The van der Waals surface area contributed by atoms with E-state index in [-0.39, 0.29) is 18.0 Å². The van der Waals surface area contributed by atoms with Crippen LogP contribution in [0.1, 0.15) is 23.7 Å². The Bertz CT molecular complexity index is 915. The van der Waals surface area contributed by atoms with Crippen LogP contribution in [0.2, 0.25) is 0 Å². The van der Waals surface area contributed by atoms with Crippen LogP contribution in [0.5, 0.6) is 0 Å². The molecule has 1 aromatic carbocycles. The normalized spacial score (nSPS) is 22.0. The number of hydrogen-bond donors (Lipinski definition) is 1. The number of para-hydroxylation sites is 1. The van der Waals surface area contributed by atoms with Gasteiger partial charge in [-0.05, 0) is 50.2 Å². The lowest BCUT2D eigenvalue weighted by molar-refractivity contribution is 0.102. The topological polar surface area (TPSA) is 68.8 Å². The van der Waals surface area contributed by atoms with E-state index in [4.69, 9.17) is 0 Å². The molecule has 2 atom stereocenters. The Labute approximate surface area is 164 Å². The summed E-state index contributed by atoms with van der Waals surface area (Å²) in [5.74, 6) is 0.562. The maximum Gasteiger partial charge on any atom is 0.330 e. The highest BCUT2D eigenvalue weighted by molar-refractivity contribution is 6.16. The highest BCUT2D eigenvalue weighted by atomic mass is 16.2. The predicted octanol–water partition coefficient (Wildman–Crippen LogP) is 3.18. The monoisotopic (exact) mass is 379 g/mol. The molecule has 1 saturated heterocycles. The summed E-state index contributed by atoms with van der Waals surface area (Å²) in [4.78, 5) is 36.5. The van der Waals surface area contributed by atoms with Crippen molar-refractivity contribution in [2.24, 2.45) is 5.92 Å². The zero-order valence-electron chi connectivity index (χ0n) is 16.4. The molecule has 0 saturated carbocycles. The number of pyridine rings is 1. The number of anilines is 3. The van der Waals surface area contributed by atoms with E-state index in [0.717, 1.165) is 19.5 Å². The van der Waals surface area contributed by atoms with E-state index in [9.17, 15) is 9.59 Å². The van der Waals surface area contributed by atoms with Gasteiger partial charge in [0, 0.05) is 25.8 Å². The number of carbonyl (C=O) groups is 2. The van der Waals surface area contributed by atoms with E-state index in [1.807, 2.05) is 18.0 Å². The minimum atomic E-state index is -0.240. The molecule has 2 unspecified atom stereocenters. The van der Waals surface area contributed by atoms with Gasteiger partial charge in [0.15, 0.2) is 5.82 Å². The van der Waals surface area contributed by atoms with Crippen LogP contribution in [0.15, 0.2) is 42.6 Å². The Morgan fingerprint density at radius 3 is 2.82 bits per heavy atom. The molecule has 1 fully saturated rings. The summed E-state index contributed by atoms with van der Waals surface area (Å²) in [6.07, 6.45) is 2.55. The molecular formula is C21H25N5O2. The van der Waals surface area contributed by atoms with Crippen molar-refractivity contribution in [3.05, 3.63) is 48.2 Å². The standard InChI is InChI=1S/C21H25N5O2/c1-14-13-24(2)12-10-17(14)25(3)21(28)26-18-9-5-4-7-15(18)20(27)23-16-8-6-11-22-19(16)26/h4-9,11,14,17H,10,12-13H2,1-3H3,(H,23,27). The molecule has 2 aromatic rings. The third-order valence-corrected chi connectivity index (χ3v) is 5.69. The number of benzene rings is 1. The molecule has 0 radical (unpaired) electrons. The van der Waals surface area contributed by atoms with Crippen LogP contribution in [0.25, 0.3) is 0 Å². The average Bonchev–Trinajstić information content (AvgIpc) is 2.81. The molecule has 1 aromatic heterocycles. The Morgan fingerprint density at radius 1 is 1.25 bits per heavy atom. The highest BCUT2D eigenvalue weighted by Gasteiger charge is 2.36. The Kier molecular flexibility index (Phi) is 4.77. The lowest BCUT2D eigenvalue weighted by atomic mass is 9.93. The van der Waals surface area contributed by atoms with Crippen LogP contribution in [-0.2, 0) is 0 Å². The molecular weight excluding hydrogens is 354 g/mol. The molecule has 1 N–H and O–H groups in total. The van der Waals surface area contributed by atoms with Crippen LogP contribution in [0.4, 0.5) is 22.0 Å². The van der Waals surface area contributed by atoms with Gasteiger partial charge < -0.3 is 15.1 Å². The smallest absolute Gasteiger partial charge is 0.324 e. The second-order valence-electron chi connectivity index (χ2n) is 7.67. The van der Waals surface area contributed by atoms with E-state index in [2.05, 4.69) is 29.2 Å². The van der Waals surface area contributed by atoms with Crippen molar-refractivity contribution in [3.63, 3.8) is 0 Å². The minimum Gasteiger partial charge on any atom is -0.324 e. The number of aromatic nitrogens is 1. The van der Waals surface area contributed by atoms with Gasteiger partial charge in [-0.3, -0.25) is 4.79 Å². The first-order chi connectivity index (χ1) is 13.5. The average molecular weight is 379 g/mol. The summed E-state index contributed by atoms with van der Waals surface area (Å²) in [5, 5.41) is 2.88. The number of urea groups is 1. The number of likely N-dealkylation sites (tertiary alicyclic amines) is 1. The quantitative estimate of drug-likeness (QED) is 0.826. The molecule has 146 valence electrons. The van der Waals surface area contributed by atoms with E-state index in [0.29, 0.717) is 28.7 Å². The lowest BCUT2D eigenvalue weighted by Crippen LogP contribution is -2.52. The number of nitrogens with one attached hydrogen (secondary N) is 1. The van der Waals surface area contributed by atoms with E-state index in [1.165, 1.54) is 0 Å². The molecule has 3 heterocycles. The number of nitrogens with zero attached hydrogens (tertiary/aromatic N) is 4. The summed E-state index contributed by atoms with van der Waals surface area (Å²) < 4.78 is 0. The first-order valence-corrected chi connectivity index (χ1v) is 9.58. The Balaban J connectivity index is 1.77. The van der Waals surface area contributed by atoms with Gasteiger partial charge in [0.2, 0.25) is 0 Å². The number of amides is 3. The molecule has 2 aliphatic heterocycles. The van der Waals surface area contributed by atoms with Crippen molar-refractivity contribution < 1.29 is 9.59 Å². The SMILES string of the molecule is CC1CN(C)CCC1N(C)C(=O)N1c2ccccc2C(=O)Nc2cccnc21. The third kappa shape index (κ3) is 3.11. The number of fused-ring (bicyclic) bond motifs is 2. The van der Waals surface area contributed by atoms with Crippen molar-refractivity contribution >= 4 is 29.1 Å². The molecule has 28 heavy (non-hydrogen) atoms. The first-order valence-electron chi connectivity index (χ1n) is 9.58. The predicted molar refractivity (Wildman–Crippen MR) is 109 cm³/mol. The van der Waals surface area contributed by atoms with Gasteiger partial charge in [-0.1, -0.05) is 19.1 Å². The van der Waals surface area contributed by atoms with Gasteiger partial charge in [-0.15, -0.1) is 0 Å². The third-order valence-electron chi connectivity index (χ3n) is 5.69. The first kappa shape index (κ1) is 18.4. The van der Waals surface area contributed by atoms with Crippen molar-refractivity contribution in [1.82, 2.24) is 14.8 Å². The molecule has 0 aliphatic carbocycles. The zero-order chi connectivity index (χ0) is 19.8. The Hall–Kier alpha value is -2.93. The second kappa shape index (κ2) is 7.24. The van der Waals surface area contributed by atoms with Crippen LogP contribution in [-0.4, -0.2) is 59.9 Å². The van der Waals surface area contributed by atoms with Crippen molar-refractivity contribution in [3.8, 4) is 0 Å². The van der Waals surface area contributed by atoms with Crippen LogP contribution in [0.3, 0.4) is 0 Å². The summed E-state index contributed by atoms with van der Waals surface area (Å²) in [7, 11) is 3.96. The van der Waals surface area contributed by atoms with Gasteiger partial charge in [0.05, 0.1) is 16.9 Å². The summed E-state index contributed by atoms with van der Waals surface area (Å²) in [6.45, 7) is 4.09. The molecule has 7 nitrogen and oxygen atoms in total. The fourth-order valence-electron chi connectivity index (χ4n) is 4.25. The van der Waals surface area contributed by atoms with E-state index >= 15 is 0 Å². The maximum atomic E-state index is 13.7. The lowest BCUT2D eigenvalue weighted by Gasteiger charge is -2.41. The minimum absolute atomic E-state index is 0.134. The number of hydrogen-bond acceptors (Lipinski definition) is 4. The number of piperidine rings is 1. The summed E-state index contributed by atoms with van der Waals surface area (Å²) in [6, 6.07) is 10.6. The van der Waals surface area contributed by atoms with Crippen molar-refractivity contribution in [2.75, 3.05) is 37.4 Å². The largest absolute Gasteiger partial charge is 0.330 e. The molecule has 4 rings (SSSR count). The molecule has 7 heteroatoms. The van der Waals surface area contributed by atoms with Crippen molar-refractivity contribution in [1.29, 1.82) is 0 Å². The number of rotatable bonds is 1. The van der Waals surface area contributed by atoms with Crippen LogP contribution < -0.4 is 10.2 Å². The van der Waals surface area contributed by atoms with Crippen LogP contribution in [0, 0.1) is 5.92 Å². The fraction of sp³-hybridized carbons (Fsp3) is 0.381. The van der Waals surface area contributed by atoms with Gasteiger partial charge in [-0.25, -0.2) is 14.7 Å². The number of carbonyl (C=O) groups excluding carboxylic acids is 2. The fourth-order valence-corrected chi connectivity index (χ4v) is 4.25. The zero-order valence-corrected chi connectivity index (χ0v) is 16.4. The molecule has 2 aliphatic rings. The highest BCUT2D eigenvalue weighted by Crippen LogP contribution is 2.37. The molecule has 3 amide bonds. The van der Waals surface area contributed by atoms with E-state index < -0.39 is 0 Å². The summed E-state index contributed by atoms with van der Waals surface area (Å²) >= 11 is 0. The van der Waals surface area contributed by atoms with Gasteiger partial charge in [0.1, 0.15) is 0 Å².